The molecule has 4 saturated carbocycles. The van der Waals surface area contributed by atoms with E-state index < -0.39 is 5.97 Å². The van der Waals surface area contributed by atoms with Gasteiger partial charge in [0.1, 0.15) is 0 Å². The van der Waals surface area contributed by atoms with Gasteiger partial charge in [0.15, 0.2) is 0 Å². The summed E-state index contributed by atoms with van der Waals surface area (Å²) in [4.78, 5) is 10.9. The van der Waals surface area contributed by atoms with Gasteiger partial charge in [-0.3, -0.25) is 0 Å². The van der Waals surface area contributed by atoms with Gasteiger partial charge in [-0.25, -0.2) is 0 Å². The number of aliphatic hydroxyl groups excluding tert-OH is 2. The standard InChI is InChI=1S/C24H40O4/c1-14(4-7-21(27)28)17-5-6-18-22-19(9-11-24(17,18)3)23(2)10-8-16(25)12-15(23)13-20(22)26/h14-20,22,25-26H,4-13H2,1-3H3,(H,27,28)/p-1/t14-,15+,16-,17-,18?,19?,20+,22?,23+,24-/m1/s1. The molecule has 0 bridgehead atoms. The summed E-state index contributed by atoms with van der Waals surface area (Å²) in [5, 5.41) is 32.4. The number of fused-ring (bicyclic) bond motifs is 5. The zero-order chi connectivity index (χ0) is 20.3. The van der Waals surface area contributed by atoms with Gasteiger partial charge in [0.05, 0.1) is 12.2 Å². The van der Waals surface area contributed by atoms with Crippen molar-refractivity contribution < 1.29 is 20.1 Å². The Morgan fingerprint density at radius 3 is 2.43 bits per heavy atom. The highest BCUT2D eigenvalue weighted by Crippen LogP contribution is 2.68. The van der Waals surface area contributed by atoms with Crippen molar-refractivity contribution >= 4 is 5.97 Å². The van der Waals surface area contributed by atoms with Crippen LogP contribution in [0.15, 0.2) is 0 Å². The molecule has 0 amide bonds. The number of hydrogen-bond acceptors (Lipinski definition) is 4. The quantitative estimate of drug-likeness (QED) is 0.771. The lowest BCUT2D eigenvalue weighted by Crippen LogP contribution is -2.58. The van der Waals surface area contributed by atoms with Crippen molar-refractivity contribution in [3.05, 3.63) is 0 Å². The third kappa shape index (κ3) is 3.14. The van der Waals surface area contributed by atoms with Crippen LogP contribution in [0.5, 0.6) is 0 Å². The van der Waals surface area contributed by atoms with Crippen LogP contribution >= 0.6 is 0 Å². The minimum absolute atomic E-state index is 0.162. The Labute approximate surface area is 170 Å². The Kier molecular flexibility index (Phi) is 5.36. The highest BCUT2D eigenvalue weighted by Gasteiger charge is 2.62. The number of carbonyl (C=O) groups is 1. The summed E-state index contributed by atoms with van der Waals surface area (Å²) in [7, 11) is 0. The van der Waals surface area contributed by atoms with Crippen molar-refractivity contribution in [2.75, 3.05) is 0 Å². The molecule has 0 radical (unpaired) electrons. The Bertz CT molecular complexity index is 605. The summed E-state index contributed by atoms with van der Waals surface area (Å²) >= 11 is 0. The smallest absolute Gasteiger partial charge is 0.0577 e. The van der Waals surface area contributed by atoms with Crippen LogP contribution in [0, 0.1) is 46.3 Å². The molecule has 0 aromatic heterocycles. The van der Waals surface area contributed by atoms with Crippen LogP contribution in [0.1, 0.15) is 85.0 Å². The molecule has 0 aromatic rings. The molecular weight excluding hydrogens is 352 g/mol. The molecular formula is C24H39O4-. The van der Waals surface area contributed by atoms with Gasteiger partial charge >= 0.3 is 0 Å². The summed E-state index contributed by atoms with van der Waals surface area (Å²) in [6, 6.07) is 0. The molecule has 4 rings (SSSR count). The maximum absolute atomic E-state index is 11.2. The summed E-state index contributed by atoms with van der Waals surface area (Å²) in [5.74, 6) is 1.99. The van der Waals surface area contributed by atoms with Crippen LogP contribution < -0.4 is 5.11 Å². The molecule has 28 heavy (non-hydrogen) atoms. The van der Waals surface area contributed by atoms with Crippen molar-refractivity contribution in [2.45, 2.75) is 97.2 Å². The fourth-order valence-electron chi connectivity index (χ4n) is 8.72. The van der Waals surface area contributed by atoms with Crippen molar-refractivity contribution in [1.29, 1.82) is 0 Å². The lowest BCUT2D eigenvalue weighted by Gasteiger charge is -2.62. The minimum Gasteiger partial charge on any atom is -0.550 e. The number of aliphatic carboxylic acids is 1. The van der Waals surface area contributed by atoms with E-state index in [-0.39, 0.29) is 29.5 Å². The highest BCUT2D eigenvalue weighted by molar-refractivity contribution is 5.64. The summed E-state index contributed by atoms with van der Waals surface area (Å²) in [6.45, 7) is 7.11. The number of carboxylic acids is 1. The largest absolute Gasteiger partial charge is 0.550 e. The lowest BCUT2D eigenvalue weighted by atomic mass is 9.43. The first-order chi connectivity index (χ1) is 13.2. The van der Waals surface area contributed by atoms with E-state index in [0.717, 1.165) is 25.7 Å². The van der Waals surface area contributed by atoms with E-state index in [4.69, 9.17) is 0 Å². The van der Waals surface area contributed by atoms with Gasteiger partial charge in [-0.2, -0.15) is 0 Å². The van der Waals surface area contributed by atoms with Crippen LogP contribution in [0.3, 0.4) is 0 Å². The van der Waals surface area contributed by atoms with Gasteiger partial charge in [-0.15, -0.1) is 0 Å². The van der Waals surface area contributed by atoms with Crippen molar-refractivity contribution in [3.8, 4) is 0 Å². The maximum atomic E-state index is 11.2. The minimum atomic E-state index is -0.934. The molecule has 4 nitrogen and oxygen atoms in total. The average Bonchev–Trinajstić information content (AvgIpc) is 2.98. The predicted molar refractivity (Wildman–Crippen MR) is 106 cm³/mol. The summed E-state index contributed by atoms with van der Waals surface area (Å²) in [5.41, 5.74) is 0.494. The van der Waals surface area contributed by atoms with Gasteiger partial charge in [0, 0.05) is 5.97 Å². The molecule has 4 fully saturated rings. The highest BCUT2D eigenvalue weighted by atomic mass is 16.4. The number of carbonyl (C=O) groups excluding carboxylic acids is 1. The average molecular weight is 392 g/mol. The van der Waals surface area contributed by atoms with Crippen molar-refractivity contribution in [3.63, 3.8) is 0 Å². The lowest BCUT2D eigenvalue weighted by molar-refractivity contribution is -0.306. The van der Waals surface area contributed by atoms with Crippen molar-refractivity contribution in [2.24, 2.45) is 46.3 Å². The van der Waals surface area contributed by atoms with Crippen LogP contribution in [-0.2, 0) is 4.79 Å². The third-order valence-electron chi connectivity index (χ3n) is 10.2. The molecule has 10 atom stereocenters. The normalized spacial score (nSPS) is 51.7. The molecule has 0 spiro atoms. The Hall–Kier alpha value is -0.610. The Balaban J connectivity index is 1.55. The second-order valence-electron chi connectivity index (χ2n) is 11.3. The number of rotatable bonds is 4. The third-order valence-corrected chi connectivity index (χ3v) is 10.2. The predicted octanol–water partition coefficient (Wildman–Crippen LogP) is 3.14. The van der Waals surface area contributed by atoms with Crippen molar-refractivity contribution in [1.82, 2.24) is 0 Å². The Morgan fingerprint density at radius 2 is 1.71 bits per heavy atom. The molecule has 160 valence electrons. The first kappa shape index (κ1) is 20.7. The maximum Gasteiger partial charge on any atom is 0.0577 e. The fraction of sp³-hybridized carbons (Fsp3) is 0.958. The summed E-state index contributed by atoms with van der Waals surface area (Å²) in [6.07, 6.45) is 8.91. The van der Waals surface area contributed by atoms with E-state index in [0.29, 0.717) is 41.9 Å². The van der Waals surface area contributed by atoms with Gasteiger partial charge in [0.25, 0.3) is 0 Å². The summed E-state index contributed by atoms with van der Waals surface area (Å²) < 4.78 is 0. The SMILES string of the molecule is C[C@H](CCC(=O)[O-])[C@H]1CCC2C3C(CC[C@@]21C)[C@@]1(C)CC[C@@H](O)C[C@H]1C[C@@H]3O. The molecule has 0 aliphatic heterocycles. The first-order valence-corrected chi connectivity index (χ1v) is 11.7. The zero-order valence-corrected chi connectivity index (χ0v) is 17.9. The van der Waals surface area contributed by atoms with Crippen LogP contribution in [0.25, 0.3) is 0 Å². The number of carboxylic acid groups (broad SMARTS) is 1. The van der Waals surface area contributed by atoms with Gasteiger partial charge in [-0.05, 0) is 111 Å². The molecule has 4 aliphatic rings. The van der Waals surface area contributed by atoms with E-state index in [2.05, 4.69) is 20.8 Å². The first-order valence-electron chi connectivity index (χ1n) is 11.7. The van der Waals surface area contributed by atoms with Gasteiger partial charge in [0.2, 0.25) is 0 Å². The van der Waals surface area contributed by atoms with Gasteiger partial charge < -0.3 is 20.1 Å². The number of hydrogen-bond donors (Lipinski definition) is 2. The van der Waals surface area contributed by atoms with Crippen LogP contribution in [0.4, 0.5) is 0 Å². The fourth-order valence-corrected chi connectivity index (χ4v) is 8.72. The van der Waals surface area contributed by atoms with E-state index in [9.17, 15) is 20.1 Å². The van der Waals surface area contributed by atoms with Crippen LogP contribution in [-0.4, -0.2) is 28.4 Å². The molecule has 4 heteroatoms. The number of aliphatic hydroxyl groups is 2. The van der Waals surface area contributed by atoms with Crippen LogP contribution in [0.2, 0.25) is 0 Å². The molecule has 3 unspecified atom stereocenters. The molecule has 0 aromatic carbocycles. The molecule has 0 heterocycles. The second-order valence-corrected chi connectivity index (χ2v) is 11.3. The molecule has 4 aliphatic carbocycles. The van der Waals surface area contributed by atoms with E-state index in [1.807, 2.05) is 0 Å². The zero-order valence-electron chi connectivity index (χ0n) is 17.9. The van der Waals surface area contributed by atoms with E-state index >= 15 is 0 Å². The van der Waals surface area contributed by atoms with E-state index in [1.54, 1.807) is 0 Å². The Morgan fingerprint density at radius 1 is 1.04 bits per heavy atom. The van der Waals surface area contributed by atoms with E-state index in [1.165, 1.54) is 25.7 Å². The second kappa shape index (κ2) is 7.27. The topological polar surface area (TPSA) is 80.6 Å². The monoisotopic (exact) mass is 391 g/mol. The van der Waals surface area contributed by atoms with Gasteiger partial charge in [-0.1, -0.05) is 20.8 Å². The molecule has 0 saturated heterocycles. The molecule has 2 N–H and O–H groups in total.